The Balaban J connectivity index is 1.57. The summed E-state index contributed by atoms with van der Waals surface area (Å²) in [6, 6.07) is 15.2. The van der Waals surface area contributed by atoms with Gasteiger partial charge in [-0.15, -0.1) is 0 Å². The molecule has 7 nitrogen and oxygen atoms in total. The van der Waals surface area contributed by atoms with E-state index in [9.17, 15) is 4.79 Å². The number of nitrogens with zero attached hydrogens (tertiary/aromatic N) is 5. The van der Waals surface area contributed by atoms with E-state index >= 15 is 0 Å². The molecule has 1 unspecified atom stereocenters. The molecule has 1 aliphatic heterocycles. The lowest BCUT2D eigenvalue weighted by Crippen LogP contribution is -2.45. The number of anilines is 1. The summed E-state index contributed by atoms with van der Waals surface area (Å²) in [6.07, 6.45) is 4.88. The molecule has 1 atom stereocenters. The molecule has 180 valence electrons. The lowest BCUT2D eigenvalue weighted by molar-refractivity contribution is -0.132. The van der Waals surface area contributed by atoms with Gasteiger partial charge >= 0.3 is 0 Å². The van der Waals surface area contributed by atoms with Crippen LogP contribution in [0.1, 0.15) is 32.6 Å². The maximum atomic E-state index is 12.5. The van der Waals surface area contributed by atoms with Crippen LogP contribution in [0.15, 0.2) is 54.9 Å². The molecule has 5 rings (SSSR count). The molecule has 0 spiro atoms. The summed E-state index contributed by atoms with van der Waals surface area (Å²) in [7, 11) is 0. The quantitative estimate of drug-likeness (QED) is 0.346. The van der Waals surface area contributed by atoms with Gasteiger partial charge in [-0.1, -0.05) is 42.3 Å². The van der Waals surface area contributed by atoms with E-state index in [0.29, 0.717) is 45.8 Å². The molecule has 1 fully saturated rings. The van der Waals surface area contributed by atoms with Crippen molar-refractivity contribution in [3.8, 4) is 17.1 Å². The second kappa shape index (κ2) is 10.2. The fourth-order valence-corrected chi connectivity index (χ4v) is 4.89. The lowest BCUT2D eigenvalue weighted by Gasteiger charge is -2.33. The van der Waals surface area contributed by atoms with Crippen molar-refractivity contribution < 1.29 is 4.79 Å². The Labute approximate surface area is 214 Å². The molecule has 1 aliphatic rings. The van der Waals surface area contributed by atoms with Gasteiger partial charge in [0.15, 0.2) is 17.0 Å². The molecular formula is C26H26Cl2N6O. The number of benzene rings is 2. The minimum Gasteiger partial charge on any atom is -0.364 e. The van der Waals surface area contributed by atoms with E-state index in [4.69, 9.17) is 28.2 Å². The number of halogens is 2. The smallest absolute Gasteiger partial charge is 0.222 e. The van der Waals surface area contributed by atoms with Crippen LogP contribution in [0.4, 0.5) is 5.82 Å². The van der Waals surface area contributed by atoms with E-state index < -0.39 is 0 Å². The van der Waals surface area contributed by atoms with Gasteiger partial charge in [0.1, 0.15) is 12.2 Å². The van der Waals surface area contributed by atoms with E-state index in [-0.39, 0.29) is 11.9 Å². The number of carbonyl (C=O) groups is 1. The SMILES string of the molecule is CCCC(=O)N1CCCC(Nc2ncnc3c2nc(-c2ccccc2Cl)n3-c2ccc(Cl)cc2)C1. The molecule has 0 aliphatic carbocycles. The summed E-state index contributed by atoms with van der Waals surface area (Å²) in [6.45, 7) is 3.49. The zero-order valence-corrected chi connectivity index (χ0v) is 20.9. The molecule has 0 radical (unpaired) electrons. The Hall–Kier alpha value is -3.16. The number of likely N-dealkylation sites (tertiary alicyclic amines) is 1. The van der Waals surface area contributed by atoms with Gasteiger partial charge in [0.25, 0.3) is 0 Å². The number of amides is 1. The van der Waals surface area contributed by atoms with Crippen molar-refractivity contribution in [2.75, 3.05) is 18.4 Å². The minimum absolute atomic E-state index is 0.0899. The van der Waals surface area contributed by atoms with Gasteiger partial charge in [-0.3, -0.25) is 9.36 Å². The van der Waals surface area contributed by atoms with Crippen LogP contribution in [0.25, 0.3) is 28.2 Å². The van der Waals surface area contributed by atoms with Crippen molar-refractivity contribution in [3.63, 3.8) is 0 Å². The number of rotatable bonds is 6. The summed E-state index contributed by atoms with van der Waals surface area (Å²) in [5.74, 6) is 1.52. The first-order valence-electron chi connectivity index (χ1n) is 11.8. The highest BCUT2D eigenvalue weighted by molar-refractivity contribution is 6.33. The van der Waals surface area contributed by atoms with Gasteiger partial charge in [-0.05, 0) is 55.7 Å². The standard InChI is InChI=1S/C26H26Cl2N6O/c1-2-6-22(35)33-14-5-7-18(15-33)31-24-23-26(30-16-29-24)34(19-12-10-17(27)11-13-19)25(32-23)20-8-3-4-9-21(20)28/h3-4,8-13,16,18H,2,5-7,14-15H2,1H3,(H,29,30,31). The van der Waals surface area contributed by atoms with Crippen LogP contribution in [0.2, 0.25) is 10.0 Å². The summed E-state index contributed by atoms with van der Waals surface area (Å²) in [5, 5.41) is 4.79. The topological polar surface area (TPSA) is 75.9 Å². The van der Waals surface area contributed by atoms with E-state index in [0.717, 1.165) is 37.1 Å². The maximum absolute atomic E-state index is 12.5. The molecule has 4 aromatic rings. The molecule has 0 bridgehead atoms. The van der Waals surface area contributed by atoms with E-state index in [1.807, 2.05) is 64.9 Å². The number of piperidine rings is 1. The molecule has 2 aromatic heterocycles. The third-order valence-corrected chi connectivity index (χ3v) is 6.80. The molecule has 1 N–H and O–H groups in total. The number of hydrogen-bond donors (Lipinski definition) is 1. The van der Waals surface area contributed by atoms with Crippen molar-refractivity contribution >= 4 is 46.1 Å². The highest BCUT2D eigenvalue weighted by Crippen LogP contribution is 2.34. The molecule has 1 amide bonds. The van der Waals surface area contributed by atoms with Crippen LogP contribution in [0.3, 0.4) is 0 Å². The number of aromatic nitrogens is 4. The maximum Gasteiger partial charge on any atom is 0.222 e. The first kappa shape index (κ1) is 23.6. The van der Waals surface area contributed by atoms with Crippen LogP contribution in [-0.4, -0.2) is 49.5 Å². The number of nitrogens with one attached hydrogen (secondary N) is 1. The van der Waals surface area contributed by atoms with Crippen LogP contribution < -0.4 is 5.32 Å². The number of fused-ring (bicyclic) bond motifs is 1. The van der Waals surface area contributed by atoms with Gasteiger partial charge < -0.3 is 10.2 Å². The summed E-state index contributed by atoms with van der Waals surface area (Å²) in [5.41, 5.74) is 2.97. The van der Waals surface area contributed by atoms with E-state index in [1.165, 1.54) is 6.33 Å². The van der Waals surface area contributed by atoms with Crippen LogP contribution in [0.5, 0.6) is 0 Å². The first-order chi connectivity index (χ1) is 17.0. The molecular weight excluding hydrogens is 483 g/mol. The predicted octanol–water partition coefficient (Wildman–Crippen LogP) is 5.99. The number of imidazole rings is 1. The Bertz CT molecular complexity index is 1350. The van der Waals surface area contributed by atoms with Crippen LogP contribution >= 0.6 is 23.2 Å². The highest BCUT2D eigenvalue weighted by Gasteiger charge is 2.25. The molecule has 0 saturated carbocycles. The molecule has 1 saturated heterocycles. The van der Waals surface area contributed by atoms with Crippen LogP contribution in [0, 0.1) is 0 Å². The normalized spacial score (nSPS) is 16.0. The van der Waals surface area contributed by atoms with Gasteiger partial charge in [-0.2, -0.15) is 0 Å². The van der Waals surface area contributed by atoms with Gasteiger partial charge in [0.2, 0.25) is 5.91 Å². The van der Waals surface area contributed by atoms with Gasteiger partial charge in [-0.25, -0.2) is 15.0 Å². The molecule has 35 heavy (non-hydrogen) atoms. The van der Waals surface area contributed by atoms with Crippen molar-refractivity contribution in [2.24, 2.45) is 0 Å². The largest absolute Gasteiger partial charge is 0.364 e. The Kier molecular flexibility index (Phi) is 6.88. The zero-order valence-electron chi connectivity index (χ0n) is 19.4. The molecule has 2 aromatic carbocycles. The number of hydrogen-bond acceptors (Lipinski definition) is 5. The van der Waals surface area contributed by atoms with Crippen molar-refractivity contribution in [1.82, 2.24) is 24.4 Å². The Morgan fingerprint density at radius 3 is 2.69 bits per heavy atom. The molecule has 3 heterocycles. The third kappa shape index (κ3) is 4.83. The average Bonchev–Trinajstić information content (AvgIpc) is 3.25. The van der Waals surface area contributed by atoms with Crippen molar-refractivity contribution in [2.45, 2.75) is 38.6 Å². The second-order valence-corrected chi connectivity index (χ2v) is 9.54. The van der Waals surface area contributed by atoms with Gasteiger partial charge in [0, 0.05) is 41.8 Å². The van der Waals surface area contributed by atoms with Crippen molar-refractivity contribution in [1.29, 1.82) is 0 Å². The lowest BCUT2D eigenvalue weighted by atomic mass is 10.0. The third-order valence-electron chi connectivity index (χ3n) is 6.22. The summed E-state index contributed by atoms with van der Waals surface area (Å²) >= 11 is 12.7. The van der Waals surface area contributed by atoms with E-state index in [2.05, 4.69) is 15.3 Å². The highest BCUT2D eigenvalue weighted by atomic mass is 35.5. The summed E-state index contributed by atoms with van der Waals surface area (Å²) in [4.78, 5) is 28.5. The first-order valence-corrected chi connectivity index (χ1v) is 12.6. The Morgan fingerprint density at radius 1 is 1.11 bits per heavy atom. The summed E-state index contributed by atoms with van der Waals surface area (Å²) < 4.78 is 1.97. The second-order valence-electron chi connectivity index (χ2n) is 8.69. The van der Waals surface area contributed by atoms with Crippen LogP contribution in [-0.2, 0) is 4.79 Å². The average molecular weight is 509 g/mol. The van der Waals surface area contributed by atoms with E-state index in [1.54, 1.807) is 0 Å². The predicted molar refractivity (Wildman–Crippen MR) is 140 cm³/mol. The Morgan fingerprint density at radius 2 is 1.91 bits per heavy atom. The fourth-order valence-electron chi connectivity index (χ4n) is 4.54. The molecule has 9 heteroatoms. The minimum atomic E-state index is 0.0899. The number of carbonyl (C=O) groups excluding carboxylic acids is 1. The fraction of sp³-hybridized carbons (Fsp3) is 0.308. The van der Waals surface area contributed by atoms with Crippen molar-refractivity contribution in [3.05, 3.63) is 64.9 Å². The van der Waals surface area contributed by atoms with Gasteiger partial charge in [0.05, 0.1) is 5.02 Å². The monoisotopic (exact) mass is 508 g/mol. The zero-order chi connectivity index (χ0) is 24.4.